The number of piperazine rings is 1. The minimum atomic E-state index is -4.74. The first-order valence-corrected chi connectivity index (χ1v) is 11.8. The molecule has 3 heterocycles. The normalized spacial score (nSPS) is 16.6. The van der Waals surface area contributed by atoms with Crippen LogP contribution in [-0.2, 0) is 22.7 Å². The lowest BCUT2D eigenvalue weighted by Gasteiger charge is -2.33. The van der Waals surface area contributed by atoms with Gasteiger partial charge in [0.25, 0.3) is 0 Å². The molecule has 1 saturated heterocycles. The second kappa shape index (κ2) is 8.51. The average molecular weight is 493 g/mol. The zero-order chi connectivity index (χ0) is 22.2. The Morgan fingerprint density at radius 2 is 1.90 bits per heavy atom. The Hall–Kier alpha value is -1.99. The topological polar surface area (TPSA) is 79.5 Å². The standard InChI is InChI=1S/C18H16ClF3N4O3S2/c19-14-4-3-12(10-13(14)18(20,21)22)31(27,28)26-7-5-25(6-8-26)11-16-23-17(24-29-16)15-2-1-9-30-15/h1-4,9-10H,5-8,11H2. The highest BCUT2D eigenvalue weighted by atomic mass is 35.5. The van der Waals surface area contributed by atoms with Crippen molar-refractivity contribution in [2.24, 2.45) is 0 Å². The number of rotatable bonds is 5. The van der Waals surface area contributed by atoms with Gasteiger partial charge in [0, 0.05) is 26.2 Å². The molecule has 4 rings (SSSR count). The van der Waals surface area contributed by atoms with Crippen molar-refractivity contribution in [3.63, 3.8) is 0 Å². The summed E-state index contributed by atoms with van der Waals surface area (Å²) in [4.78, 5) is 6.73. The Morgan fingerprint density at radius 1 is 1.16 bits per heavy atom. The lowest BCUT2D eigenvalue weighted by molar-refractivity contribution is -0.137. The van der Waals surface area contributed by atoms with E-state index >= 15 is 0 Å². The highest BCUT2D eigenvalue weighted by Gasteiger charge is 2.36. The smallest absolute Gasteiger partial charge is 0.338 e. The largest absolute Gasteiger partial charge is 0.417 e. The number of nitrogens with zero attached hydrogens (tertiary/aromatic N) is 4. The summed E-state index contributed by atoms with van der Waals surface area (Å²) in [7, 11) is -4.09. The van der Waals surface area contributed by atoms with Gasteiger partial charge < -0.3 is 4.52 Å². The maximum atomic E-state index is 13.1. The predicted molar refractivity (Wildman–Crippen MR) is 108 cm³/mol. The van der Waals surface area contributed by atoms with Crippen LogP contribution in [0, 0.1) is 0 Å². The van der Waals surface area contributed by atoms with Crippen LogP contribution in [0.15, 0.2) is 45.1 Å². The van der Waals surface area contributed by atoms with E-state index in [0.717, 1.165) is 21.3 Å². The molecule has 1 aliphatic heterocycles. The quantitative estimate of drug-likeness (QED) is 0.536. The molecule has 0 aliphatic carbocycles. The molecule has 1 aliphatic rings. The Morgan fingerprint density at radius 3 is 2.55 bits per heavy atom. The van der Waals surface area contributed by atoms with E-state index in [2.05, 4.69) is 10.1 Å². The number of aromatic nitrogens is 2. The van der Waals surface area contributed by atoms with E-state index in [1.165, 1.54) is 11.3 Å². The van der Waals surface area contributed by atoms with E-state index < -0.39 is 31.7 Å². The fourth-order valence-electron chi connectivity index (χ4n) is 3.18. The van der Waals surface area contributed by atoms with Gasteiger partial charge >= 0.3 is 6.18 Å². The Kier molecular flexibility index (Phi) is 6.10. The van der Waals surface area contributed by atoms with Crippen molar-refractivity contribution in [2.45, 2.75) is 17.6 Å². The van der Waals surface area contributed by atoms with Crippen LogP contribution < -0.4 is 0 Å². The van der Waals surface area contributed by atoms with Crippen LogP contribution in [0.25, 0.3) is 10.7 Å². The maximum Gasteiger partial charge on any atom is 0.417 e. The molecule has 166 valence electrons. The fourth-order valence-corrected chi connectivity index (χ4v) is 5.50. The zero-order valence-electron chi connectivity index (χ0n) is 15.8. The molecular formula is C18H16ClF3N4O3S2. The predicted octanol–water partition coefficient (Wildman–Crippen LogP) is 3.98. The summed E-state index contributed by atoms with van der Waals surface area (Å²) >= 11 is 7.08. The van der Waals surface area contributed by atoms with Crippen molar-refractivity contribution in [1.29, 1.82) is 0 Å². The molecule has 0 amide bonds. The van der Waals surface area contributed by atoms with Crippen LogP contribution >= 0.6 is 22.9 Å². The summed E-state index contributed by atoms with van der Waals surface area (Å²) in [5, 5.41) is 5.30. The van der Waals surface area contributed by atoms with Crippen molar-refractivity contribution < 1.29 is 26.1 Å². The number of hydrogen-bond acceptors (Lipinski definition) is 7. The summed E-state index contributed by atoms with van der Waals surface area (Å²) in [6, 6.07) is 6.38. The SMILES string of the molecule is O=S(=O)(c1ccc(Cl)c(C(F)(F)F)c1)N1CCN(Cc2nc(-c3cccs3)no2)CC1. The van der Waals surface area contributed by atoms with Crippen molar-refractivity contribution in [3.8, 4) is 10.7 Å². The number of halogens is 4. The molecule has 3 aromatic rings. The van der Waals surface area contributed by atoms with Crippen molar-refractivity contribution in [3.05, 3.63) is 52.2 Å². The van der Waals surface area contributed by atoms with Gasteiger partial charge in [0.1, 0.15) is 0 Å². The van der Waals surface area contributed by atoms with Crippen molar-refractivity contribution in [2.75, 3.05) is 26.2 Å². The summed E-state index contributed by atoms with van der Waals surface area (Å²) in [5.74, 6) is 0.904. The minimum absolute atomic E-state index is 0.123. The van der Waals surface area contributed by atoms with Gasteiger partial charge in [0.05, 0.1) is 26.9 Å². The third-order valence-electron chi connectivity index (χ3n) is 4.78. The number of hydrogen-bond donors (Lipinski definition) is 0. The van der Waals surface area contributed by atoms with Crippen molar-refractivity contribution >= 4 is 33.0 Å². The van der Waals surface area contributed by atoms with Gasteiger partial charge in [0.15, 0.2) is 0 Å². The van der Waals surface area contributed by atoms with Crippen LogP contribution in [-0.4, -0.2) is 53.9 Å². The molecule has 0 unspecified atom stereocenters. The first-order valence-electron chi connectivity index (χ1n) is 9.10. The fraction of sp³-hybridized carbons (Fsp3) is 0.333. The van der Waals surface area contributed by atoms with Crippen LogP contribution in [0.5, 0.6) is 0 Å². The van der Waals surface area contributed by atoms with Crippen molar-refractivity contribution in [1.82, 2.24) is 19.3 Å². The molecule has 1 aromatic carbocycles. The molecule has 0 atom stereocenters. The zero-order valence-corrected chi connectivity index (χ0v) is 18.2. The van der Waals surface area contributed by atoms with Gasteiger partial charge in [-0.25, -0.2) is 8.42 Å². The first kappa shape index (κ1) is 22.2. The number of benzene rings is 1. The van der Waals surface area contributed by atoms with Gasteiger partial charge in [-0.05, 0) is 29.6 Å². The van der Waals surface area contributed by atoms with E-state index in [4.69, 9.17) is 16.1 Å². The van der Waals surface area contributed by atoms with E-state index in [9.17, 15) is 21.6 Å². The molecule has 1 fully saturated rings. The summed E-state index contributed by atoms with van der Waals surface area (Å²) in [6.45, 7) is 1.34. The monoisotopic (exact) mass is 492 g/mol. The Balaban J connectivity index is 1.41. The molecule has 13 heteroatoms. The molecule has 0 bridgehead atoms. The first-order chi connectivity index (χ1) is 14.6. The Bertz CT molecular complexity index is 1160. The van der Waals surface area contributed by atoms with Crippen LogP contribution in [0.4, 0.5) is 13.2 Å². The minimum Gasteiger partial charge on any atom is -0.338 e. The van der Waals surface area contributed by atoms with E-state index in [-0.39, 0.29) is 13.1 Å². The molecule has 0 N–H and O–H groups in total. The van der Waals surface area contributed by atoms with Gasteiger partial charge in [-0.15, -0.1) is 11.3 Å². The van der Waals surface area contributed by atoms with Gasteiger partial charge in [-0.3, -0.25) is 4.90 Å². The Labute approximate surface area is 185 Å². The maximum absolute atomic E-state index is 13.1. The lowest BCUT2D eigenvalue weighted by Crippen LogP contribution is -2.48. The van der Waals surface area contributed by atoms with Gasteiger partial charge in [-0.1, -0.05) is 22.8 Å². The summed E-state index contributed by atoms with van der Waals surface area (Å²) in [6.07, 6.45) is -4.74. The van der Waals surface area contributed by atoms with E-state index in [1.54, 1.807) is 0 Å². The van der Waals surface area contributed by atoms with Crippen LogP contribution in [0.1, 0.15) is 11.5 Å². The second-order valence-electron chi connectivity index (χ2n) is 6.81. The molecule has 0 radical (unpaired) electrons. The third-order valence-corrected chi connectivity index (χ3v) is 7.87. The van der Waals surface area contributed by atoms with Gasteiger partial charge in [0.2, 0.25) is 21.7 Å². The summed E-state index contributed by atoms with van der Waals surface area (Å²) < 4.78 is 71.4. The molecule has 2 aromatic heterocycles. The molecule has 0 saturated carbocycles. The second-order valence-corrected chi connectivity index (χ2v) is 10.1. The summed E-state index contributed by atoms with van der Waals surface area (Å²) in [5.41, 5.74) is -1.17. The number of alkyl halides is 3. The highest BCUT2D eigenvalue weighted by Crippen LogP contribution is 2.36. The van der Waals surface area contributed by atoms with Crippen LogP contribution in [0.3, 0.4) is 0 Å². The van der Waals surface area contributed by atoms with Crippen LogP contribution in [0.2, 0.25) is 5.02 Å². The average Bonchev–Trinajstić information content (AvgIpc) is 3.39. The number of sulfonamides is 1. The van der Waals surface area contributed by atoms with E-state index in [1.807, 2.05) is 22.4 Å². The highest BCUT2D eigenvalue weighted by molar-refractivity contribution is 7.89. The third kappa shape index (κ3) is 4.77. The van der Waals surface area contributed by atoms with Gasteiger partial charge in [-0.2, -0.15) is 22.5 Å². The molecule has 31 heavy (non-hydrogen) atoms. The molecular weight excluding hydrogens is 477 g/mol. The van der Waals surface area contributed by atoms with E-state index in [0.29, 0.717) is 37.4 Å². The molecule has 0 spiro atoms. The molecule has 7 nitrogen and oxygen atoms in total. The number of thiophene rings is 1. The lowest BCUT2D eigenvalue weighted by atomic mass is 10.2.